The summed E-state index contributed by atoms with van der Waals surface area (Å²) in [6, 6.07) is 6.78. The zero-order chi connectivity index (χ0) is 13.5. The second-order valence-electron chi connectivity index (χ2n) is 4.51. The summed E-state index contributed by atoms with van der Waals surface area (Å²) in [4.78, 5) is 8.12. The Labute approximate surface area is 112 Å². The fourth-order valence-corrected chi connectivity index (χ4v) is 1.97. The van der Waals surface area contributed by atoms with Crippen LogP contribution in [0.5, 0.6) is 0 Å². The molecule has 0 saturated heterocycles. The van der Waals surface area contributed by atoms with Gasteiger partial charge >= 0.3 is 0 Å². The number of aromatic nitrogens is 2. The molecule has 0 bridgehead atoms. The number of benzene rings is 1. The molecule has 0 spiro atoms. The first-order valence-corrected chi connectivity index (χ1v) is 6.52. The molecule has 0 saturated carbocycles. The van der Waals surface area contributed by atoms with E-state index >= 15 is 0 Å². The topological polar surface area (TPSA) is 37.8 Å². The highest BCUT2D eigenvalue weighted by molar-refractivity contribution is 5.20. The second-order valence-corrected chi connectivity index (χ2v) is 4.51. The molecular formula is C15H18FN3. The average molecular weight is 259 g/mol. The SMILES string of the molecule is CCCNC(Cc1ccc(F)cc1)c1cncnc1. The summed E-state index contributed by atoms with van der Waals surface area (Å²) in [5, 5.41) is 3.48. The summed E-state index contributed by atoms with van der Waals surface area (Å²) in [6.45, 7) is 3.06. The summed E-state index contributed by atoms with van der Waals surface area (Å²) < 4.78 is 12.9. The van der Waals surface area contributed by atoms with E-state index in [9.17, 15) is 4.39 Å². The van der Waals surface area contributed by atoms with Crippen LogP contribution in [0.15, 0.2) is 43.0 Å². The van der Waals surface area contributed by atoms with E-state index in [0.717, 1.165) is 30.5 Å². The predicted octanol–water partition coefficient (Wildman–Crippen LogP) is 2.90. The van der Waals surface area contributed by atoms with Crippen molar-refractivity contribution in [3.63, 3.8) is 0 Å². The molecule has 100 valence electrons. The molecule has 19 heavy (non-hydrogen) atoms. The predicted molar refractivity (Wildman–Crippen MR) is 73.2 cm³/mol. The maximum absolute atomic E-state index is 12.9. The zero-order valence-electron chi connectivity index (χ0n) is 11.0. The van der Waals surface area contributed by atoms with Gasteiger partial charge in [0.1, 0.15) is 12.1 Å². The van der Waals surface area contributed by atoms with Crippen molar-refractivity contribution in [3.05, 3.63) is 59.9 Å². The molecule has 1 N–H and O–H groups in total. The molecule has 1 heterocycles. The van der Waals surface area contributed by atoms with Crippen molar-refractivity contribution in [2.75, 3.05) is 6.54 Å². The Morgan fingerprint density at radius 3 is 2.47 bits per heavy atom. The Morgan fingerprint density at radius 2 is 1.84 bits per heavy atom. The maximum Gasteiger partial charge on any atom is 0.123 e. The van der Waals surface area contributed by atoms with Gasteiger partial charge in [-0.3, -0.25) is 0 Å². The van der Waals surface area contributed by atoms with Crippen LogP contribution in [-0.4, -0.2) is 16.5 Å². The summed E-state index contributed by atoms with van der Waals surface area (Å²) in [6.07, 6.45) is 7.03. The Bertz CT molecular complexity index is 485. The molecule has 4 heteroatoms. The molecule has 1 unspecified atom stereocenters. The lowest BCUT2D eigenvalue weighted by atomic mass is 10.0. The van der Waals surface area contributed by atoms with Gasteiger partial charge in [0.2, 0.25) is 0 Å². The van der Waals surface area contributed by atoms with Crippen molar-refractivity contribution >= 4 is 0 Å². The smallest absolute Gasteiger partial charge is 0.123 e. The van der Waals surface area contributed by atoms with Crippen LogP contribution >= 0.6 is 0 Å². The highest BCUT2D eigenvalue weighted by Gasteiger charge is 2.12. The Balaban J connectivity index is 2.11. The monoisotopic (exact) mass is 259 g/mol. The van der Waals surface area contributed by atoms with Gasteiger partial charge in [-0.25, -0.2) is 14.4 Å². The maximum atomic E-state index is 12.9. The third-order valence-electron chi connectivity index (χ3n) is 2.98. The number of nitrogens with one attached hydrogen (secondary N) is 1. The minimum Gasteiger partial charge on any atom is -0.310 e. The third kappa shape index (κ3) is 4.10. The lowest BCUT2D eigenvalue weighted by Gasteiger charge is -2.18. The van der Waals surface area contributed by atoms with Crippen molar-refractivity contribution in [3.8, 4) is 0 Å². The minimum atomic E-state index is -0.204. The van der Waals surface area contributed by atoms with E-state index in [0.29, 0.717) is 0 Å². The molecule has 2 aromatic rings. The first kappa shape index (κ1) is 13.6. The normalized spacial score (nSPS) is 12.3. The van der Waals surface area contributed by atoms with E-state index in [-0.39, 0.29) is 11.9 Å². The summed E-state index contributed by atoms with van der Waals surface area (Å²) in [5.74, 6) is -0.204. The van der Waals surface area contributed by atoms with Gasteiger partial charge in [-0.2, -0.15) is 0 Å². The minimum absolute atomic E-state index is 0.159. The van der Waals surface area contributed by atoms with Crippen LogP contribution in [0.2, 0.25) is 0 Å². The quantitative estimate of drug-likeness (QED) is 0.866. The van der Waals surface area contributed by atoms with Crippen LogP contribution in [0.4, 0.5) is 4.39 Å². The van der Waals surface area contributed by atoms with Crippen molar-refractivity contribution in [1.82, 2.24) is 15.3 Å². The van der Waals surface area contributed by atoms with Crippen LogP contribution in [0, 0.1) is 5.82 Å². The van der Waals surface area contributed by atoms with E-state index in [1.54, 1.807) is 0 Å². The van der Waals surface area contributed by atoms with Crippen LogP contribution in [0.1, 0.15) is 30.5 Å². The number of nitrogens with zero attached hydrogens (tertiary/aromatic N) is 2. The van der Waals surface area contributed by atoms with Gasteiger partial charge in [0.15, 0.2) is 0 Å². The molecule has 0 aliphatic rings. The van der Waals surface area contributed by atoms with Crippen molar-refractivity contribution < 1.29 is 4.39 Å². The molecule has 0 amide bonds. The molecule has 0 radical (unpaired) electrons. The average Bonchev–Trinajstić information content (AvgIpc) is 2.46. The summed E-state index contributed by atoms with van der Waals surface area (Å²) in [7, 11) is 0. The fourth-order valence-electron chi connectivity index (χ4n) is 1.97. The number of hydrogen-bond acceptors (Lipinski definition) is 3. The van der Waals surface area contributed by atoms with Crippen molar-refractivity contribution in [1.29, 1.82) is 0 Å². The van der Waals surface area contributed by atoms with Crippen LogP contribution in [0.25, 0.3) is 0 Å². The van der Waals surface area contributed by atoms with Crippen LogP contribution in [0.3, 0.4) is 0 Å². The Morgan fingerprint density at radius 1 is 1.16 bits per heavy atom. The largest absolute Gasteiger partial charge is 0.310 e. The van der Waals surface area contributed by atoms with Crippen LogP contribution < -0.4 is 5.32 Å². The van der Waals surface area contributed by atoms with Crippen LogP contribution in [-0.2, 0) is 6.42 Å². The second kappa shape index (κ2) is 6.95. The van der Waals surface area contributed by atoms with E-state index in [1.807, 2.05) is 24.5 Å². The molecule has 1 atom stereocenters. The molecule has 0 aliphatic heterocycles. The van der Waals surface area contributed by atoms with Gasteiger partial charge in [0, 0.05) is 24.0 Å². The number of halogens is 1. The molecule has 1 aromatic heterocycles. The van der Waals surface area contributed by atoms with Gasteiger partial charge in [-0.15, -0.1) is 0 Å². The van der Waals surface area contributed by atoms with Gasteiger partial charge in [0.05, 0.1) is 0 Å². The fraction of sp³-hybridized carbons (Fsp3) is 0.333. The van der Waals surface area contributed by atoms with Crippen molar-refractivity contribution in [2.45, 2.75) is 25.8 Å². The van der Waals surface area contributed by atoms with Gasteiger partial charge in [-0.1, -0.05) is 19.1 Å². The summed E-state index contributed by atoms with van der Waals surface area (Å²) >= 11 is 0. The highest BCUT2D eigenvalue weighted by Crippen LogP contribution is 2.17. The Kier molecular flexibility index (Phi) is 4.98. The Hall–Kier alpha value is -1.81. The van der Waals surface area contributed by atoms with E-state index < -0.39 is 0 Å². The van der Waals surface area contributed by atoms with Gasteiger partial charge < -0.3 is 5.32 Å². The first-order chi connectivity index (χ1) is 9.29. The lowest BCUT2D eigenvalue weighted by Crippen LogP contribution is -2.24. The number of hydrogen-bond donors (Lipinski definition) is 1. The molecular weight excluding hydrogens is 241 g/mol. The standard InChI is InChI=1S/C15H18FN3/c1-2-7-19-15(13-9-17-11-18-10-13)8-12-3-5-14(16)6-4-12/h3-6,9-11,15,19H,2,7-8H2,1H3. The number of rotatable bonds is 6. The third-order valence-corrected chi connectivity index (χ3v) is 2.98. The molecule has 0 fully saturated rings. The molecule has 1 aromatic carbocycles. The lowest BCUT2D eigenvalue weighted by molar-refractivity contribution is 0.525. The van der Waals surface area contributed by atoms with E-state index in [4.69, 9.17) is 0 Å². The molecule has 0 aliphatic carbocycles. The highest BCUT2D eigenvalue weighted by atomic mass is 19.1. The van der Waals surface area contributed by atoms with Crippen molar-refractivity contribution in [2.24, 2.45) is 0 Å². The van der Waals surface area contributed by atoms with Gasteiger partial charge in [0.25, 0.3) is 0 Å². The zero-order valence-corrected chi connectivity index (χ0v) is 11.0. The van der Waals surface area contributed by atoms with Gasteiger partial charge in [-0.05, 0) is 37.1 Å². The van der Waals surface area contributed by atoms with E-state index in [2.05, 4.69) is 22.2 Å². The molecule has 2 rings (SSSR count). The van der Waals surface area contributed by atoms with E-state index in [1.165, 1.54) is 18.5 Å². The summed E-state index contributed by atoms with van der Waals surface area (Å²) in [5.41, 5.74) is 2.15. The molecule has 3 nitrogen and oxygen atoms in total. The first-order valence-electron chi connectivity index (χ1n) is 6.52.